The number of pyridine rings is 1. The maximum atomic E-state index is 13.5. The number of rotatable bonds is 6. The molecule has 2 aromatic carbocycles. The van der Waals surface area contributed by atoms with Crippen LogP contribution in [0.2, 0.25) is 0 Å². The first-order valence-corrected chi connectivity index (χ1v) is 12.6. The highest BCUT2D eigenvalue weighted by molar-refractivity contribution is 5.91. The maximum Gasteiger partial charge on any atom is 0.289 e. The molecule has 0 spiro atoms. The first-order chi connectivity index (χ1) is 18.6. The van der Waals surface area contributed by atoms with Gasteiger partial charge in [-0.3, -0.25) is 14.5 Å². The summed E-state index contributed by atoms with van der Waals surface area (Å²) in [7, 11) is 0. The van der Waals surface area contributed by atoms with E-state index in [-0.39, 0.29) is 11.5 Å². The Bertz CT molecular complexity index is 1620. The lowest BCUT2D eigenvalue weighted by Gasteiger charge is -2.38. The van der Waals surface area contributed by atoms with Gasteiger partial charge in [-0.15, -0.1) is 5.10 Å². The number of benzene rings is 2. The van der Waals surface area contributed by atoms with E-state index < -0.39 is 6.04 Å². The summed E-state index contributed by atoms with van der Waals surface area (Å²) >= 11 is 0. The number of H-pyrrole nitrogens is 1. The topological polar surface area (TPSA) is 113 Å². The van der Waals surface area contributed by atoms with Gasteiger partial charge in [-0.2, -0.15) is 0 Å². The third-order valence-corrected chi connectivity index (χ3v) is 7.00. The van der Waals surface area contributed by atoms with Crippen LogP contribution in [0.3, 0.4) is 0 Å². The molecule has 192 valence electrons. The van der Waals surface area contributed by atoms with Gasteiger partial charge in [-0.05, 0) is 58.6 Å². The number of fused-ring (bicyclic) bond motifs is 1. The smallest absolute Gasteiger partial charge is 0.289 e. The van der Waals surface area contributed by atoms with E-state index in [9.17, 15) is 9.59 Å². The molecule has 3 aromatic heterocycles. The Morgan fingerprint density at radius 2 is 1.84 bits per heavy atom. The number of nitrogens with one attached hydrogen (secondary N) is 1. The molecule has 0 unspecified atom stereocenters. The van der Waals surface area contributed by atoms with Crippen molar-refractivity contribution >= 4 is 16.8 Å². The van der Waals surface area contributed by atoms with E-state index in [2.05, 4.69) is 31.5 Å². The number of carbonyl (C=O) groups is 1. The Balaban J connectivity index is 1.37. The molecular formula is C28H27N7O3. The van der Waals surface area contributed by atoms with E-state index in [1.165, 1.54) is 6.26 Å². The third kappa shape index (κ3) is 4.61. The summed E-state index contributed by atoms with van der Waals surface area (Å²) in [6, 6.07) is 20.7. The largest absolute Gasteiger partial charge is 0.459 e. The predicted molar refractivity (Wildman–Crippen MR) is 141 cm³/mol. The Kier molecular flexibility index (Phi) is 6.30. The highest BCUT2D eigenvalue weighted by Crippen LogP contribution is 2.28. The first-order valence-electron chi connectivity index (χ1n) is 12.6. The van der Waals surface area contributed by atoms with E-state index in [1.54, 1.807) is 21.7 Å². The fourth-order valence-corrected chi connectivity index (χ4v) is 5.06. The van der Waals surface area contributed by atoms with Crippen molar-refractivity contribution in [1.82, 2.24) is 35.0 Å². The quantitative estimate of drug-likeness (QED) is 0.374. The molecule has 0 bridgehead atoms. The van der Waals surface area contributed by atoms with Gasteiger partial charge >= 0.3 is 0 Å². The molecular weight excluding hydrogens is 482 g/mol. The molecule has 1 N–H and O–H groups in total. The van der Waals surface area contributed by atoms with E-state index in [4.69, 9.17) is 4.42 Å². The maximum absolute atomic E-state index is 13.5. The number of hydrogen-bond donors (Lipinski definition) is 1. The second-order valence-corrected chi connectivity index (χ2v) is 9.53. The van der Waals surface area contributed by atoms with Crippen LogP contribution in [0, 0.1) is 6.92 Å². The minimum atomic E-state index is -0.497. The van der Waals surface area contributed by atoms with Crippen LogP contribution in [0.25, 0.3) is 10.9 Å². The van der Waals surface area contributed by atoms with Crippen LogP contribution in [-0.4, -0.2) is 67.1 Å². The van der Waals surface area contributed by atoms with Crippen molar-refractivity contribution in [3.8, 4) is 0 Å². The van der Waals surface area contributed by atoms with Gasteiger partial charge in [-0.1, -0.05) is 42.0 Å². The first kappa shape index (κ1) is 23.8. The standard InChI is InChI=1S/C28H27N7O3/c1-19-9-10-23-21(16-19)17-22(27(36)29-23)25(26-30-31-32-35(26)18-20-6-3-2-4-7-20)33-11-13-34(14-12-33)28(37)24-8-5-15-38-24/h2-10,15-17,25H,11-14,18H2,1H3,(H,29,36)/t25-/m0/s1. The lowest BCUT2D eigenvalue weighted by molar-refractivity contribution is 0.0558. The SMILES string of the molecule is Cc1ccc2[nH]c(=O)c([C@@H](c3nnnn3Cc3ccccc3)N3CCN(C(=O)c4ccco4)CC3)cc2c1. The van der Waals surface area contributed by atoms with Gasteiger partial charge in [0.05, 0.1) is 12.8 Å². The van der Waals surface area contributed by atoms with Gasteiger partial charge in [0, 0.05) is 37.3 Å². The molecule has 4 heterocycles. The average Bonchev–Trinajstić information content (AvgIpc) is 3.63. The summed E-state index contributed by atoms with van der Waals surface area (Å²) in [4.78, 5) is 33.3. The monoisotopic (exact) mass is 509 g/mol. The molecule has 6 rings (SSSR count). The van der Waals surface area contributed by atoms with Crippen LogP contribution in [-0.2, 0) is 6.54 Å². The van der Waals surface area contributed by atoms with Gasteiger partial charge < -0.3 is 14.3 Å². The zero-order chi connectivity index (χ0) is 26.1. The second-order valence-electron chi connectivity index (χ2n) is 9.53. The van der Waals surface area contributed by atoms with Crippen molar-refractivity contribution < 1.29 is 9.21 Å². The summed E-state index contributed by atoms with van der Waals surface area (Å²) in [5.74, 6) is 0.763. The Labute approximate surface area is 218 Å². The second kappa shape index (κ2) is 10.1. The van der Waals surface area contributed by atoms with Gasteiger partial charge in [0.15, 0.2) is 11.6 Å². The average molecular weight is 510 g/mol. The molecule has 0 aliphatic carbocycles. The number of amides is 1. The van der Waals surface area contributed by atoms with Crippen LogP contribution < -0.4 is 5.56 Å². The third-order valence-electron chi connectivity index (χ3n) is 7.00. The van der Waals surface area contributed by atoms with Crippen LogP contribution in [0.5, 0.6) is 0 Å². The van der Waals surface area contributed by atoms with E-state index in [0.717, 1.165) is 22.0 Å². The van der Waals surface area contributed by atoms with Crippen LogP contribution in [0.15, 0.2) is 82.2 Å². The van der Waals surface area contributed by atoms with Crippen LogP contribution in [0.1, 0.15) is 39.1 Å². The summed E-state index contributed by atoms with van der Waals surface area (Å²) < 4.78 is 7.06. The number of piperazine rings is 1. The molecule has 38 heavy (non-hydrogen) atoms. The number of tetrazole rings is 1. The normalized spacial score (nSPS) is 15.1. The highest BCUT2D eigenvalue weighted by atomic mass is 16.3. The minimum Gasteiger partial charge on any atom is -0.459 e. The fraction of sp³-hybridized carbons (Fsp3) is 0.250. The Morgan fingerprint density at radius 1 is 1.03 bits per heavy atom. The van der Waals surface area contributed by atoms with E-state index in [0.29, 0.717) is 49.9 Å². The number of aryl methyl sites for hydroxylation is 1. The molecule has 1 aliphatic rings. The minimum absolute atomic E-state index is 0.140. The molecule has 1 aliphatic heterocycles. The van der Waals surface area contributed by atoms with E-state index >= 15 is 0 Å². The molecule has 1 fully saturated rings. The molecule has 0 radical (unpaired) electrons. The van der Waals surface area contributed by atoms with Gasteiger partial charge in [0.1, 0.15) is 6.04 Å². The molecule has 5 aromatic rings. The van der Waals surface area contributed by atoms with Crippen LogP contribution in [0.4, 0.5) is 0 Å². The molecule has 1 amide bonds. The van der Waals surface area contributed by atoms with Gasteiger partial charge in [0.2, 0.25) is 0 Å². The number of furan rings is 1. The molecule has 10 nitrogen and oxygen atoms in total. The number of aromatic nitrogens is 5. The lowest BCUT2D eigenvalue weighted by atomic mass is 10.0. The lowest BCUT2D eigenvalue weighted by Crippen LogP contribution is -2.50. The fourth-order valence-electron chi connectivity index (χ4n) is 5.06. The molecule has 0 saturated carbocycles. The summed E-state index contributed by atoms with van der Waals surface area (Å²) in [6.45, 7) is 4.56. The zero-order valence-corrected chi connectivity index (χ0v) is 20.9. The zero-order valence-electron chi connectivity index (χ0n) is 20.9. The van der Waals surface area contributed by atoms with Crippen molar-refractivity contribution in [3.63, 3.8) is 0 Å². The van der Waals surface area contributed by atoms with Crippen molar-refractivity contribution in [2.45, 2.75) is 19.5 Å². The molecule has 10 heteroatoms. The summed E-state index contributed by atoms with van der Waals surface area (Å²) in [6.07, 6.45) is 1.50. The van der Waals surface area contributed by atoms with E-state index in [1.807, 2.05) is 55.5 Å². The number of aromatic amines is 1. The molecule has 1 atom stereocenters. The van der Waals surface area contributed by atoms with Crippen molar-refractivity contribution in [1.29, 1.82) is 0 Å². The Morgan fingerprint density at radius 3 is 2.61 bits per heavy atom. The van der Waals surface area contributed by atoms with Gasteiger partial charge in [-0.25, -0.2) is 4.68 Å². The number of nitrogens with zero attached hydrogens (tertiary/aromatic N) is 6. The highest BCUT2D eigenvalue weighted by Gasteiger charge is 2.34. The van der Waals surface area contributed by atoms with Crippen molar-refractivity contribution in [2.24, 2.45) is 0 Å². The summed E-state index contributed by atoms with van der Waals surface area (Å²) in [5, 5.41) is 13.6. The Hall–Kier alpha value is -4.57. The number of hydrogen-bond acceptors (Lipinski definition) is 7. The van der Waals surface area contributed by atoms with Crippen LogP contribution >= 0.6 is 0 Å². The van der Waals surface area contributed by atoms with Gasteiger partial charge in [0.25, 0.3) is 11.5 Å². The summed E-state index contributed by atoms with van der Waals surface area (Å²) in [5.41, 5.74) is 3.32. The number of carbonyl (C=O) groups excluding carboxylic acids is 1. The predicted octanol–water partition coefficient (Wildman–Crippen LogP) is 3.01. The van der Waals surface area contributed by atoms with Crippen molar-refractivity contribution in [2.75, 3.05) is 26.2 Å². The molecule has 1 saturated heterocycles. The van der Waals surface area contributed by atoms with Crippen molar-refractivity contribution in [3.05, 3.63) is 112 Å².